The third-order valence-electron chi connectivity index (χ3n) is 4.61. The molecule has 4 rings (SSSR count). The van der Waals surface area contributed by atoms with Crippen LogP contribution >= 0.6 is 24.0 Å². The summed E-state index contributed by atoms with van der Waals surface area (Å²) in [5.41, 5.74) is 1.22. The first kappa shape index (κ1) is 21.5. The summed E-state index contributed by atoms with van der Waals surface area (Å²) in [5, 5.41) is 10.8. The highest BCUT2D eigenvalue weighted by Gasteiger charge is 2.35. The average molecular weight is 466 g/mol. The number of hydrogen-bond acceptors (Lipinski definition) is 8. The maximum atomic E-state index is 13.1. The van der Waals surface area contributed by atoms with Crippen LogP contribution in [0.15, 0.2) is 70.0 Å². The van der Waals surface area contributed by atoms with E-state index < -0.39 is 10.9 Å². The molecule has 1 saturated heterocycles. The van der Waals surface area contributed by atoms with Crippen LogP contribution in [0.3, 0.4) is 0 Å². The zero-order chi connectivity index (χ0) is 22.8. The molecular weight excluding hydrogens is 452 g/mol. The molecule has 32 heavy (non-hydrogen) atoms. The van der Waals surface area contributed by atoms with Crippen LogP contribution in [-0.2, 0) is 9.53 Å². The number of carbonyl (C=O) groups excluding carboxylic acids is 2. The van der Waals surface area contributed by atoms with Crippen LogP contribution in [0.4, 0.5) is 11.4 Å². The summed E-state index contributed by atoms with van der Waals surface area (Å²) >= 11 is 6.47. The van der Waals surface area contributed by atoms with Crippen molar-refractivity contribution in [3.05, 3.63) is 87.0 Å². The van der Waals surface area contributed by atoms with E-state index in [0.29, 0.717) is 27.7 Å². The summed E-state index contributed by atoms with van der Waals surface area (Å²) in [5.74, 6) is -0.0418. The van der Waals surface area contributed by atoms with Crippen LogP contribution in [0, 0.1) is 10.1 Å². The second-order valence-electron chi connectivity index (χ2n) is 6.53. The molecule has 0 N–H and O–H groups in total. The van der Waals surface area contributed by atoms with Crippen molar-refractivity contribution in [1.82, 2.24) is 0 Å². The number of amides is 1. The minimum atomic E-state index is -0.572. The fourth-order valence-electron chi connectivity index (χ4n) is 3.09. The van der Waals surface area contributed by atoms with Crippen LogP contribution < -0.4 is 4.90 Å². The Morgan fingerprint density at radius 1 is 1.16 bits per heavy atom. The highest BCUT2D eigenvalue weighted by molar-refractivity contribution is 8.27. The molecule has 10 heteroatoms. The molecule has 1 aliphatic rings. The van der Waals surface area contributed by atoms with Crippen LogP contribution in [0.25, 0.3) is 17.4 Å². The maximum Gasteiger partial charge on any atom is 0.339 e. The van der Waals surface area contributed by atoms with Gasteiger partial charge in [-0.25, -0.2) is 4.79 Å². The van der Waals surface area contributed by atoms with Crippen molar-refractivity contribution in [3.8, 4) is 11.3 Å². The van der Waals surface area contributed by atoms with Gasteiger partial charge in [0.05, 0.1) is 28.2 Å². The molecule has 1 aliphatic heterocycles. The number of furan rings is 1. The number of thiocarbonyl (C=S) groups is 1. The first-order valence-corrected chi connectivity index (χ1v) is 10.4. The lowest BCUT2D eigenvalue weighted by Crippen LogP contribution is -2.29. The number of carbonyl (C=O) groups is 2. The molecule has 0 unspecified atom stereocenters. The molecule has 0 saturated carbocycles. The fourth-order valence-corrected chi connectivity index (χ4v) is 4.35. The van der Waals surface area contributed by atoms with Gasteiger partial charge in [0.25, 0.3) is 11.6 Å². The number of nitro benzene ring substituents is 1. The summed E-state index contributed by atoms with van der Waals surface area (Å²) < 4.78 is 10.9. The molecular formula is C22H14N2O6S2. The van der Waals surface area contributed by atoms with E-state index in [1.54, 1.807) is 54.6 Å². The van der Waals surface area contributed by atoms with Gasteiger partial charge in [-0.1, -0.05) is 36.1 Å². The summed E-state index contributed by atoms with van der Waals surface area (Å²) in [7, 11) is 1.27. The van der Waals surface area contributed by atoms with Gasteiger partial charge >= 0.3 is 5.97 Å². The predicted molar refractivity (Wildman–Crippen MR) is 124 cm³/mol. The van der Waals surface area contributed by atoms with Crippen LogP contribution in [-0.4, -0.2) is 28.2 Å². The summed E-state index contributed by atoms with van der Waals surface area (Å²) in [6, 6.07) is 15.9. The fraction of sp³-hybridized carbons (Fsp3) is 0.0455. The molecule has 1 amide bonds. The van der Waals surface area contributed by atoms with E-state index in [9.17, 15) is 19.7 Å². The normalized spacial score (nSPS) is 14.8. The molecule has 1 aromatic heterocycles. The van der Waals surface area contributed by atoms with Crippen molar-refractivity contribution < 1.29 is 23.7 Å². The lowest BCUT2D eigenvalue weighted by molar-refractivity contribution is -0.384. The second-order valence-corrected chi connectivity index (χ2v) is 8.21. The van der Waals surface area contributed by atoms with Crippen LogP contribution in [0.1, 0.15) is 16.1 Å². The molecule has 1 fully saturated rings. The summed E-state index contributed by atoms with van der Waals surface area (Å²) in [4.78, 5) is 37.1. The molecule has 0 radical (unpaired) electrons. The Morgan fingerprint density at radius 2 is 1.88 bits per heavy atom. The summed E-state index contributed by atoms with van der Waals surface area (Å²) in [6.07, 6.45) is 1.56. The van der Waals surface area contributed by atoms with E-state index >= 15 is 0 Å². The van der Waals surface area contributed by atoms with Gasteiger partial charge in [0.15, 0.2) is 4.32 Å². The Hall–Kier alpha value is -3.76. The van der Waals surface area contributed by atoms with Gasteiger partial charge < -0.3 is 9.15 Å². The lowest BCUT2D eigenvalue weighted by atomic mass is 10.1. The van der Waals surface area contributed by atoms with Crippen molar-refractivity contribution in [1.29, 1.82) is 0 Å². The number of hydrogen-bond donors (Lipinski definition) is 0. The number of para-hydroxylation sites is 1. The Balaban J connectivity index is 1.61. The van der Waals surface area contributed by atoms with E-state index in [1.165, 1.54) is 24.1 Å². The third kappa shape index (κ3) is 4.05. The van der Waals surface area contributed by atoms with Gasteiger partial charge in [0, 0.05) is 23.8 Å². The monoisotopic (exact) mass is 466 g/mol. The molecule has 0 spiro atoms. The van der Waals surface area contributed by atoms with Crippen molar-refractivity contribution in [2.45, 2.75) is 0 Å². The lowest BCUT2D eigenvalue weighted by Gasteiger charge is -2.17. The number of thioether (sulfide) groups is 1. The first-order valence-electron chi connectivity index (χ1n) is 9.19. The predicted octanol–water partition coefficient (Wildman–Crippen LogP) is 5.05. The topological polar surface area (TPSA) is 103 Å². The molecule has 0 bridgehead atoms. The zero-order valence-electron chi connectivity index (χ0n) is 16.5. The van der Waals surface area contributed by atoms with E-state index in [1.807, 2.05) is 0 Å². The largest absolute Gasteiger partial charge is 0.465 e. The Kier molecular flexibility index (Phi) is 5.89. The number of esters is 1. The number of nitrogens with zero attached hydrogens (tertiary/aromatic N) is 2. The second kappa shape index (κ2) is 8.77. The van der Waals surface area contributed by atoms with Gasteiger partial charge in [-0.05, 0) is 36.4 Å². The quantitative estimate of drug-likeness (QED) is 0.169. The van der Waals surface area contributed by atoms with Gasteiger partial charge in [-0.2, -0.15) is 0 Å². The number of ether oxygens (including phenoxy) is 1. The molecule has 0 atom stereocenters. The van der Waals surface area contributed by atoms with Gasteiger partial charge in [-0.3, -0.25) is 19.8 Å². The first-order chi connectivity index (χ1) is 15.4. The molecule has 8 nitrogen and oxygen atoms in total. The number of rotatable bonds is 5. The van der Waals surface area contributed by atoms with E-state index in [4.69, 9.17) is 21.4 Å². The number of anilines is 1. The Labute approximate surface area is 191 Å². The van der Waals surface area contributed by atoms with E-state index in [0.717, 1.165) is 11.8 Å². The van der Waals surface area contributed by atoms with Crippen molar-refractivity contribution in [2.24, 2.45) is 0 Å². The molecule has 2 aromatic carbocycles. The van der Waals surface area contributed by atoms with Crippen molar-refractivity contribution in [3.63, 3.8) is 0 Å². The molecule has 2 heterocycles. The minimum Gasteiger partial charge on any atom is -0.465 e. The number of non-ortho nitro benzene ring substituents is 1. The highest BCUT2D eigenvalue weighted by atomic mass is 32.2. The van der Waals surface area contributed by atoms with Gasteiger partial charge in [0.1, 0.15) is 11.5 Å². The smallest absolute Gasteiger partial charge is 0.339 e. The van der Waals surface area contributed by atoms with Gasteiger partial charge in [-0.15, -0.1) is 0 Å². The van der Waals surface area contributed by atoms with Crippen LogP contribution in [0.5, 0.6) is 0 Å². The highest BCUT2D eigenvalue weighted by Crippen LogP contribution is 2.38. The third-order valence-corrected chi connectivity index (χ3v) is 5.91. The van der Waals surface area contributed by atoms with E-state index in [-0.39, 0.29) is 21.5 Å². The van der Waals surface area contributed by atoms with Gasteiger partial charge in [0.2, 0.25) is 0 Å². The SMILES string of the molecule is COC(=O)c1ccccc1N1C(=O)/C(=C\c2ccc(-c3ccc([N+](=O)[O-])cc3)o2)SC1=S. The standard InChI is InChI=1S/C22H14N2O6S2/c1-29-21(26)16-4-2-3-5-17(16)23-20(25)19(32-22(23)31)12-15-10-11-18(30-15)13-6-8-14(9-7-13)24(27)28/h2-12H,1H3/b19-12+. The molecule has 3 aromatic rings. The number of nitro groups is 1. The molecule has 160 valence electrons. The Morgan fingerprint density at radius 3 is 2.56 bits per heavy atom. The minimum absolute atomic E-state index is 0.0172. The average Bonchev–Trinajstić information content (AvgIpc) is 3.37. The molecule has 0 aliphatic carbocycles. The number of methoxy groups -OCH3 is 1. The maximum absolute atomic E-state index is 13.1. The zero-order valence-corrected chi connectivity index (χ0v) is 18.1. The number of benzene rings is 2. The summed E-state index contributed by atoms with van der Waals surface area (Å²) in [6.45, 7) is 0. The van der Waals surface area contributed by atoms with E-state index in [2.05, 4.69) is 0 Å². The van der Waals surface area contributed by atoms with Crippen molar-refractivity contribution in [2.75, 3.05) is 12.0 Å². The Bertz CT molecular complexity index is 1280. The van der Waals surface area contributed by atoms with Crippen LogP contribution in [0.2, 0.25) is 0 Å². The van der Waals surface area contributed by atoms with Crippen molar-refractivity contribution >= 4 is 57.6 Å².